The van der Waals surface area contributed by atoms with Gasteiger partial charge in [-0.05, 0) is 39.4 Å². The normalized spacial score (nSPS) is 18.3. The molecule has 0 radical (unpaired) electrons. The molecule has 0 spiro atoms. The number of guanidine groups is 1. The molecule has 1 fully saturated rings. The minimum atomic E-state index is -3.52. The van der Waals surface area contributed by atoms with Crippen LogP contribution in [0.3, 0.4) is 0 Å². The van der Waals surface area contributed by atoms with Crippen LogP contribution in [0.2, 0.25) is 0 Å². The number of rotatable bonds is 4. The molecule has 1 aromatic carbocycles. The van der Waals surface area contributed by atoms with Gasteiger partial charge >= 0.3 is 0 Å². The first-order valence-electron chi connectivity index (χ1n) is 8.44. The fourth-order valence-electron chi connectivity index (χ4n) is 2.65. The van der Waals surface area contributed by atoms with Crippen molar-refractivity contribution in [2.45, 2.75) is 37.8 Å². The Kier molecular flexibility index (Phi) is 6.08. The molecule has 140 valence electrons. The van der Waals surface area contributed by atoms with Crippen molar-refractivity contribution in [1.29, 1.82) is 0 Å². The van der Waals surface area contributed by atoms with Gasteiger partial charge in [0.25, 0.3) is 0 Å². The Morgan fingerprint density at radius 3 is 2.40 bits per heavy atom. The summed E-state index contributed by atoms with van der Waals surface area (Å²) in [6, 6.07) is 7.00. The van der Waals surface area contributed by atoms with Gasteiger partial charge in [-0.3, -0.25) is 0 Å². The zero-order valence-corrected chi connectivity index (χ0v) is 16.3. The van der Waals surface area contributed by atoms with Gasteiger partial charge in [0.15, 0.2) is 5.96 Å². The second kappa shape index (κ2) is 7.72. The first-order chi connectivity index (χ1) is 11.6. The number of nitrogens with two attached hydrogens (primary N) is 1. The summed E-state index contributed by atoms with van der Waals surface area (Å²) in [5.74, 6) is 0.305. The molecule has 0 unspecified atom stereocenters. The summed E-state index contributed by atoms with van der Waals surface area (Å²) in [6.07, 6.45) is 0. The summed E-state index contributed by atoms with van der Waals surface area (Å²) in [4.78, 5) is 6.74. The predicted octanol–water partition coefficient (Wildman–Crippen LogP) is 0.826. The van der Waals surface area contributed by atoms with E-state index in [0.717, 1.165) is 13.1 Å². The van der Waals surface area contributed by atoms with Crippen LogP contribution in [0.1, 0.15) is 26.3 Å². The molecule has 25 heavy (non-hydrogen) atoms. The molecule has 1 saturated heterocycles. The first kappa shape index (κ1) is 19.7. The maximum atomic E-state index is 13.0. The van der Waals surface area contributed by atoms with Gasteiger partial charge in [-0.2, -0.15) is 4.31 Å². The molecule has 0 aliphatic carbocycles. The average Bonchev–Trinajstić information content (AvgIpc) is 2.52. The van der Waals surface area contributed by atoms with E-state index in [-0.39, 0.29) is 12.1 Å². The number of aliphatic imine (C=N–C) groups is 1. The lowest BCUT2D eigenvalue weighted by molar-refractivity contribution is 0.222. The smallest absolute Gasteiger partial charge is 0.243 e. The van der Waals surface area contributed by atoms with Crippen LogP contribution in [-0.4, -0.2) is 62.3 Å². The fourth-order valence-corrected chi connectivity index (χ4v) is 4.28. The third-order valence-electron chi connectivity index (χ3n) is 3.98. The molecule has 1 aliphatic rings. The molecule has 0 bridgehead atoms. The summed E-state index contributed by atoms with van der Waals surface area (Å²) in [6.45, 7) is 8.67. The number of benzene rings is 1. The number of nitrogens with one attached hydrogen (secondary N) is 1. The number of hydrogen-bond acceptors (Lipinski definition) is 4. The highest BCUT2D eigenvalue weighted by atomic mass is 32.2. The predicted molar refractivity (Wildman–Crippen MR) is 101 cm³/mol. The number of likely N-dealkylation sites (N-methyl/N-ethyl adjacent to an activating group) is 1. The van der Waals surface area contributed by atoms with Gasteiger partial charge in [-0.25, -0.2) is 13.4 Å². The van der Waals surface area contributed by atoms with Crippen LogP contribution in [0.5, 0.6) is 0 Å². The standard InChI is InChI=1S/C17H29N5O2S/c1-17(2,3)20-16(18)19-13-14-7-5-6-8-15(14)25(23,24)22-11-9-21(4)10-12-22/h5-8H,9-13H2,1-4H3,(H3,18,19,20). The van der Waals surface area contributed by atoms with E-state index in [1.807, 2.05) is 33.9 Å². The van der Waals surface area contributed by atoms with E-state index in [1.165, 1.54) is 0 Å². The Morgan fingerprint density at radius 1 is 1.20 bits per heavy atom. The third-order valence-corrected chi connectivity index (χ3v) is 5.97. The fraction of sp³-hybridized carbons (Fsp3) is 0.588. The molecule has 1 aliphatic heterocycles. The van der Waals surface area contributed by atoms with E-state index >= 15 is 0 Å². The van der Waals surface area contributed by atoms with Crippen LogP contribution in [0.15, 0.2) is 34.2 Å². The van der Waals surface area contributed by atoms with Gasteiger partial charge < -0.3 is 16.0 Å². The quantitative estimate of drug-likeness (QED) is 0.607. The number of piperazine rings is 1. The van der Waals surface area contributed by atoms with Crippen LogP contribution in [0, 0.1) is 0 Å². The highest BCUT2D eigenvalue weighted by Gasteiger charge is 2.29. The van der Waals surface area contributed by atoms with Crippen molar-refractivity contribution in [1.82, 2.24) is 14.5 Å². The van der Waals surface area contributed by atoms with Crippen molar-refractivity contribution in [3.05, 3.63) is 29.8 Å². The Bertz CT molecular complexity index is 717. The molecule has 1 heterocycles. The van der Waals surface area contributed by atoms with Crippen LogP contribution < -0.4 is 11.1 Å². The lowest BCUT2D eigenvalue weighted by atomic mass is 10.1. The van der Waals surface area contributed by atoms with Crippen molar-refractivity contribution in [2.75, 3.05) is 33.2 Å². The van der Waals surface area contributed by atoms with Crippen molar-refractivity contribution < 1.29 is 8.42 Å². The zero-order valence-electron chi connectivity index (χ0n) is 15.5. The van der Waals surface area contributed by atoms with Gasteiger partial charge in [0, 0.05) is 31.7 Å². The molecule has 3 N–H and O–H groups in total. The molecular formula is C17H29N5O2S. The van der Waals surface area contributed by atoms with E-state index in [2.05, 4.69) is 15.2 Å². The van der Waals surface area contributed by atoms with Crippen molar-refractivity contribution in [2.24, 2.45) is 10.7 Å². The van der Waals surface area contributed by atoms with Gasteiger partial charge in [-0.15, -0.1) is 0 Å². The monoisotopic (exact) mass is 367 g/mol. The van der Waals surface area contributed by atoms with Crippen LogP contribution in [0.25, 0.3) is 0 Å². The van der Waals surface area contributed by atoms with Crippen LogP contribution in [0.4, 0.5) is 0 Å². The van der Waals surface area contributed by atoms with Crippen molar-refractivity contribution >= 4 is 16.0 Å². The molecule has 7 nitrogen and oxygen atoms in total. The van der Waals surface area contributed by atoms with E-state index in [9.17, 15) is 8.42 Å². The lowest BCUT2D eigenvalue weighted by Crippen LogP contribution is -2.47. The molecule has 0 atom stereocenters. The van der Waals surface area contributed by atoms with Crippen molar-refractivity contribution in [3.8, 4) is 0 Å². The van der Waals surface area contributed by atoms with Crippen LogP contribution in [-0.2, 0) is 16.6 Å². The summed E-state index contributed by atoms with van der Waals surface area (Å²) in [5, 5.41) is 3.08. The number of sulfonamides is 1. The molecule has 8 heteroatoms. The maximum Gasteiger partial charge on any atom is 0.243 e. The molecule has 0 amide bonds. The highest BCUT2D eigenvalue weighted by molar-refractivity contribution is 7.89. The Morgan fingerprint density at radius 2 is 1.80 bits per heavy atom. The number of nitrogens with zero attached hydrogens (tertiary/aromatic N) is 3. The highest BCUT2D eigenvalue weighted by Crippen LogP contribution is 2.22. The van der Waals surface area contributed by atoms with E-state index in [1.54, 1.807) is 22.5 Å². The minimum absolute atomic E-state index is 0.195. The van der Waals surface area contributed by atoms with E-state index in [4.69, 9.17) is 5.73 Å². The average molecular weight is 368 g/mol. The Hall–Kier alpha value is -1.64. The van der Waals surface area contributed by atoms with E-state index in [0.29, 0.717) is 29.5 Å². The lowest BCUT2D eigenvalue weighted by Gasteiger charge is -2.32. The first-order valence-corrected chi connectivity index (χ1v) is 9.88. The second-order valence-electron chi connectivity index (χ2n) is 7.39. The third kappa shape index (κ3) is 5.42. The van der Waals surface area contributed by atoms with Gasteiger partial charge in [0.1, 0.15) is 0 Å². The summed E-state index contributed by atoms with van der Waals surface area (Å²) in [7, 11) is -1.53. The SMILES string of the molecule is CN1CCN(S(=O)(=O)c2ccccc2CN=C(N)NC(C)(C)C)CC1. The van der Waals surface area contributed by atoms with Gasteiger partial charge in [0.2, 0.25) is 10.0 Å². The van der Waals surface area contributed by atoms with Crippen molar-refractivity contribution in [3.63, 3.8) is 0 Å². The largest absolute Gasteiger partial charge is 0.370 e. The molecule has 1 aromatic rings. The topological polar surface area (TPSA) is 91.0 Å². The Labute approximate surface area is 151 Å². The summed E-state index contributed by atoms with van der Waals surface area (Å²) < 4.78 is 27.5. The van der Waals surface area contributed by atoms with E-state index < -0.39 is 10.0 Å². The zero-order chi connectivity index (χ0) is 18.7. The molecule has 0 aromatic heterocycles. The molecule has 2 rings (SSSR count). The maximum absolute atomic E-state index is 13.0. The summed E-state index contributed by atoms with van der Waals surface area (Å²) >= 11 is 0. The van der Waals surface area contributed by atoms with Gasteiger partial charge in [-0.1, -0.05) is 18.2 Å². The number of hydrogen-bond donors (Lipinski definition) is 2. The van der Waals surface area contributed by atoms with Gasteiger partial charge in [0.05, 0.1) is 11.4 Å². The minimum Gasteiger partial charge on any atom is -0.370 e. The second-order valence-corrected chi connectivity index (χ2v) is 9.30. The van der Waals surface area contributed by atoms with Crippen LogP contribution >= 0.6 is 0 Å². The summed E-state index contributed by atoms with van der Waals surface area (Å²) in [5.41, 5.74) is 6.36. The molecular weight excluding hydrogens is 338 g/mol. The Balaban J connectivity index is 2.21. The molecule has 0 saturated carbocycles.